The normalized spacial score (nSPS) is 20.3. The van der Waals surface area contributed by atoms with Gasteiger partial charge in [-0.3, -0.25) is 0 Å². The molecule has 0 aliphatic carbocycles. The van der Waals surface area contributed by atoms with E-state index in [2.05, 4.69) is 0 Å². The topological polar surface area (TPSA) is 47.9 Å². The van der Waals surface area contributed by atoms with Crippen LogP contribution in [-0.4, -0.2) is 19.3 Å². The molecule has 110 valence electrons. The number of aliphatic hydroxyl groups excluding tert-OH is 1. The summed E-state index contributed by atoms with van der Waals surface area (Å²) in [6.45, 7) is 0. The molecule has 0 fully saturated rings. The first-order valence-corrected chi connectivity index (χ1v) is 6.88. The molecule has 4 nitrogen and oxygen atoms in total. The van der Waals surface area contributed by atoms with Crippen molar-refractivity contribution in [1.29, 1.82) is 0 Å². The van der Waals surface area contributed by atoms with Crippen molar-refractivity contribution in [2.45, 2.75) is 18.6 Å². The molecule has 1 heterocycles. The lowest BCUT2D eigenvalue weighted by Crippen LogP contribution is -2.19. The fraction of sp³-hybridized carbons (Fsp3) is 0.294. The van der Waals surface area contributed by atoms with E-state index in [9.17, 15) is 5.11 Å². The summed E-state index contributed by atoms with van der Waals surface area (Å²) in [5, 5.41) is 10.4. The van der Waals surface area contributed by atoms with Crippen molar-refractivity contribution in [3.63, 3.8) is 0 Å². The van der Waals surface area contributed by atoms with Crippen LogP contribution in [0.2, 0.25) is 0 Å². The molecule has 1 N–H and O–H groups in total. The van der Waals surface area contributed by atoms with Gasteiger partial charge in [0.15, 0.2) is 0 Å². The van der Waals surface area contributed by atoms with Crippen LogP contribution in [0.3, 0.4) is 0 Å². The van der Waals surface area contributed by atoms with Crippen LogP contribution in [-0.2, 0) is 0 Å². The maximum absolute atomic E-state index is 10.4. The third kappa shape index (κ3) is 2.67. The summed E-state index contributed by atoms with van der Waals surface area (Å²) < 4.78 is 16.4. The minimum Gasteiger partial charge on any atom is -0.497 e. The number of rotatable bonds is 3. The van der Waals surface area contributed by atoms with Gasteiger partial charge in [0.05, 0.1) is 20.3 Å². The maximum Gasteiger partial charge on any atom is 0.127 e. The van der Waals surface area contributed by atoms with E-state index in [0.717, 1.165) is 22.6 Å². The van der Waals surface area contributed by atoms with Crippen LogP contribution in [0.15, 0.2) is 42.5 Å². The number of fused-ring (bicyclic) bond motifs is 1. The Balaban J connectivity index is 1.90. The Hall–Kier alpha value is -2.20. The Morgan fingerprint density at radius 1 is 1.05 bits per heavy atom. The van der Waals surface area contributed by atoms with Gasteiger partial charge < -0.3 is 19.3 Å². The van der Waals surface area contributed by atoms with Crippen molar-refractivity contribution in [2.24, 2.45) is 0 Å². The molecule has 2 aromatic carbocycles. The summed E-state index contributed by atoms with van der Waals surface area (Å²) in [4.78, 5) is 0. The van der Waals surface area contributed by atoms with E-state index in [1.807, 2.05) is 42.5 Å². The number of benzene rings is 2. The lowest BCUT2D eigenvalue weighted by molar-refractivity contribution is 0.0653. The lowest BCUT2D eigenvalue weighted by atomic mass is 9.95. The average molecular weight is 286 g/mol. The van der Waals surface area contributed by atoms with Crippen LogP contribution < -0.4 is 14.2 Å². The van der Waals surface area contributed by atoms with Crippen molar-refractivity contribution in [3.05, 3.63) is 53.6 Å². The molecule has 4 heteroatoms. The first kappa shape index (κ1) is 13.8. The minimum atomic E-state index is -0.569. The number of methoxy groups -OCH3 is 2. The fourth-order valence-corrected chi connectivity index (χ4v) is 2.60. The van der Waals surface area contributed by atoms with Gasteiger partial charge in [-0.1, -0.05) is 12.1 Å². The number of hydrogen-bond acceptors (Lipinski definition) is 4. The largest absolute Gasteiger partial charge is 0.497 e. The van der Waals surface area contributed by atoms with Gasteiger partial charge in [-0.2, -0.15) is 0 Å². The van der Waals surface area contributed by atoms with Gasteiger partial charge in [0, 0.05) is 12.0 Å². The Morgan fingerprint density at radius 3 is 2.57 bits per heavy atom. The highest BCUT2D eigenvalue weighted by atomic mass is 16.5. The highest BCUT2D eigenvalue weighted by Crippen LogP contribution is 2.42. The molecule has 0 spiro atoms. The molecule has 21 heavy (non-hydrogen) atoms. The molecule has 0 saturated carbocycles. The molecular weight excluding hydrogens is 268 g/mol. The number of aliphatic hydroxyl groups is 1. The first-order chi connectivity index (χ1) is 10.2. The van der Waals surface area contributed by atoms with Gasteiger partial charge in [-0.25, -0.2) is 0 Å². The van der Waals surface area contributed by atoms with E-state index in [1.54, 1.807) is 14.2 Å². The zero-order valence-electron chi connectivity index (χ0n) is 12.1. The second kappa shape index (κ2) is 5.66. The summed E-state index contributed by atoms with van der Waals surface area (Å²) in [5.74, 6) is 2.20. The van der Waals surface area contributed by atoms with Crippen molar-refractivity contribution in [1.82, 2.24) is 0 Å². The van der Waals surface area contributed by atoms with Gasteiger partial charge in [0.1, 0.15) is 23.4 Å². The zero-order valence-corrected chi connectivity index (χ0v) is 12.1. The molecule has 2 aromatic rings. The average Bonchev–Trinajstić information content (AvgIpc) is 2.54. The maximum atomic E-state index is 10.4. The minimum absolute atomic E-state index is 0.184. The van der Waals surface area contributed by atoms with Gasteiger partial charge in [0.25, 0.3) is 0 Å². The van der Waals surface area contributed by atoms with Crippen LogP contribution >= 0.6 is 0 Å². The summed E-state index contributed by atoms with van der Waals surface area (Å²) in [5.41, 5.74) is 1.77. The third-order valence-electron chi connectivity index (χ3n) is 3.75. The molecule has 2 atom stereocenters. The summed E-state index contributed by atoms with van der Waals surface area (Å²) in [7, 11) is 3.24. The molecule has 1 unspecified atom stereocenters. The van der Waals surface area contributed by atoms with Crippen LogP contribution in [0.4, 0.5) is 0 Å². The zero-order chi connectivity index (χ0) is 14.8. The van der Waals surface area contributed by atoms with Crippen molar-refractivity contribution in [3.8, 4) is 17.2 Å². The fourth-order valence-electron chi connectivity index (χ4n) is 2.60. The van der Waals surface area contributed by atoms with E-state index in [0.29, 0.717) is 12.2 Å². The molecule has 0 bridgehead atoms. The monoisotopic (exact) mass is 286 g/mol. The molecule has 0 radical (unpaired) electrons. The highest BCUT2D eigenvalue weighted by Gasteiger charge is 2.28. The Labute approximate surface area is 123 Å². The summed E-state index contributed by atoms with van der Waals surface area (Å²) >= 11 is 0. The summed E-state index contributed by atoms with van der Waals surface area (Å²) in [6.07, 6.45) is -0.246. The smallest absolute Gasteiger partial charge is 0.127 e. The van der Waals surface area contributed by atoms with E-state index in [-0.39, 0.29) is 6.10 Å². The van der Waals surface area contributed by atoms with Crippen molar-refractivity contribution >= 4 is 0 Å². The van der Waals surface area contributed by atoms with E-state index < -0.39 is 6.10 Å². The molecule has 3 rings (SSSR count). The quantitative estimate of drug-likeness (QED) is 0.941. The highest BCUT2D eigenvalue weighted by molar-refractivity contribution is 5.44. The van der Waals surface area contributed by atoms with Crippen LogP contribution in [0.5, 0.6) is 17.2 Å². The molecule has 0 saturated heterocycles. The van der Waals surface area contributed by atoms with Gasteiger partial charge in [0.2, 0.25) is 0 Å². The number of hydrogen-bond donors (Lipinski definition) is 1. The van der Waals surface area contributed by atoms with Crippen LogP contribution in [0.1, 0.15) is 29.8 Å². The number of ether oxygens (including phenoxy) is 3. The van der Waals surface area contributed by atoms with Crippen LogP contribution in [0.25, 0.3) is 0 Å². The van der Waals surface area contributed by atoms with E-state index >= 15 is 0 Å². The Bertz CT molecular complexity index is 638. The van der Waals surface area contributed by atoms with Gasteiger partial charge in [-0.05, 0) is 35.9 Å². The van der Waals surface area contributed by atoms with Crippen LogP contribution in [0, 0.1) is 0 Å². The molecule has 0 aromatic heterocycles. The third-order valence-corrected chi connectivity index (χ3v) is 3.75. The molecule has 1 aliphatic heterocycles. The SMILES string of the molecule is COc1cccc(C2C[C@@H](O)c3cc(OC)ccc3O2)c1. The second-order valence-electron chi connectivity index (χ2n) is 5.04. The van der Waals surface area contributed by atoms with E-state index in [4.69, 9.17) is 14.2 Å². The van der Waals surface area contributed by atoms with Crippen molar-refractivity contribution in [2.75, 3.05) is 14.2 Å². The van der Waals surface area contributed by atoms with Crippen molar-refractivity contribution < 1.29 is 19.3 Å². The standard InChI is InChI=1S/C17H18O4/c1-19-12-5-3-4-11(8-12)17-10-15(18)14-9-13(20-2)6-7-16(14)21-17/h3-9,15,17-18H,10H2,1-2H3/t15-,17?/m1/s1. The predicted molar refractivity (Wildman–Crippen MR) is 78.9 cm³/mol. The summed E-state index contributed by atoms with van der Waals surface area (Å²) in [6, 6.07) is 13.2. The van der Waals surface area contributed by atoms with Gasteiger partial charge in [-0.15, -0.1) is 0 Å². The van der Waals surface area contributed by atoms with Gasteiger partial charge >= 0.3 is 0 Å². The predicted octanol–water partition coefficient (Wildman–Crippen LogP) is 3.26. The first-order valence-electron chi connectivity index (χ1n) is 6.88. The molecule has 1 aliphatic rings. The second-order valence-corrected chi connectivity index (χ2v) is 5.04. The Morgan fingerprint density at radius 2 is 1.81 bits per heavy atom. The lowest BCUT2D eigenvalue weighted by Gasteiger charge is -2.30. The van der Waals surface area contributed by atoms with E-state index in [1.165, 1.54) is 0 Å². The molecular formula is C17H18O4. The Kier molecular flexibility index (Phi) is 3.71. The molecule has 0 amide bonds.